The fourth-order valence-corrected chi connectivity index (χ4v) is 2.93. The molecule has 0 bridgehead atoms. The Kier molecular flexibility index (Phi) is 6.34. The molecule has 1 fully saturated rings. The Labute approximate surface area is 136 Å². The molecule has 0 aromatic heterocycles. The number of rotatable bonds is 6. The van der Waals surface area contributed by atoms with Gasteiger partial charge in [0, 0.05) is 12.5 Å². The molecule has 0 aliphatic carbocycles. The van der Waals surface area contributed by atoms with E-state index >= 15 is 0 Å². The lowest BCUT2D eigenvalue weighted by molar-refractivity contribution is -0.905. The number of esters is 1. The molecule has 5 nitrogen and oxygen atoms in total. The van der Waals surface area contributed by atoms with Crippen molar-refractivity contribution in [1.29, 1.82) is 0 Å². The summed E-state index contributed by atoms with van der Waals surface area (Å²) in [5.74, 6) is -0.0408. The highest BCUT2D eigenvalue weighted by Gasteiger charge is 2.17. The first-order valence-corrected chi connectivity index (χ1v) is 8.13. The van der Waals surface area contributed by atoms with Crippen molar-refractivity contribution in [3.63, 3.8) is 0 Å². The van der Waals surface area contributed by atoms with Gasteiger partial charge in [0.15, 0.2) is 0 Å². The van der Waals surface area contributed by atoms with Crippen molar-refractivity contribution in [1.82, 2.24) is 0 Å². The third-order valence-electron chi connectivity index (χ3n) is 4.01. The molecule has 1 heterocycles. The third-order valence-corrected chi connectivity index (χ3v) is 4.33. The van der Waals surface area contributed by atoms with Crippen LogP contribution < -0.4 is 15.4 Å². The number of nitrogens with two attached hydrogens (primary N) is 1. The van der Waals surface area contributed by atoms with Gasteiger partial charge in [-0.25, -0.2) is 4.79 Å². The van der Waals surface area contributed by atoms with Crippen LogP contribution in [0.4, 0.5) is 5.69 Å². The monoisotopic (exact) mass is 327 g/mol. The van der Waals surface area contributed by atoms with E-state index in [1.165, 1.54) is 51.6 Å². The number of halogens is 1. The highest BCUT2D eigenvalue weighted by molar-refractivity contribution is 6.33. The van der Waals surface area contributed by atoms with Crippen LogP contribution in [0.3, 0.4) is 0 Å². The largest absolute Gasteiger partial charge is 0.496 e. The Bertz CT molecular complexity index is 516. The van der Waals surface area contributed by atoms with Crippen molar-refractivity contribution < 1.29 is 19.2 Å². The maximum Gasteiger partial charge on any atom is 0.341 e. The van der Waals surface area contributed by atoms with Crippen LogP contribution in [0.15, 0.2) is 12.1 Å². The molecule has 22 heavy (non-hydrogen) atoms. The third kappa shape index (κ3) is 4.52. The zero-order chi connectivity index (χ0) is 15.9. The number of hydrogen-bond acceptors (Lipinski definition) is 4. The number of quaternary nitrogens is 1. The Balaban J connectivity index is 1.83. The normalized spacial score (nSPS) is 15.5. The molecule has 0 unspecified atom stereocenters. The molecule has 0 radical (unpaired) electrons. The van der Waals surface area contributed by atoms with Crippen LogP contribution in [-0.2, 0) is 4.74 Å². The number of carbonyl (C=O) groups excluding carboxylic acids is 1. The fraction of sp³-hybridized carbons (Fsp3) is 0.562. The smallest absolute Gasteiger partial charge is 0.341 e. The average molecular weight is 328 g/mol. The minimum absolute atomic E-state index is 0.312. The maximum atomic E-state index is 12.1. The van der Waals surface area contributed by atoms with E-state index in [-0.39, 0.29) is 0 Å². The predicted molar refractivity (Wildman–Crippen MR) is 86.7 cm³/mol. The molecule has 0 amide bonds. The molecule has 0 atom stereocenters. The number of hydrogen-bond donors (Lipinski definition) is 2. The highest BCUT2D eigenvalue weighted by Crippen LogP contribution is 2.29. The van der Waals surface area contributed by atoms with Gasteiger partial charge in [-0.15, -0.1) is 0 Å². The van der Waals surface area contributed by atoms with Gasteiger partial charge in [-0.2, -0.15) is 0 Å². The fourth-order valence-electron chi connectivity index (χ4n) is 2.76. The van der Waals surface area contributed by atoms with E-state index in [2.05, 4.69) is 0 Å². The van der Waals surface area contributed by atoms with E-state index < -0.39 is 5.97 Å². The number of likely N-dealkylation sites (tertiary alicyclic amines) is 1. The van der Waals surface area contributed by atoms with Crippen molar-refractivity contribution in [3.05, 3.63) is 22.7 Å². The van der Waals surface area contributed by atoms with Gasteiger partial charge in [-0.3, -0.25) is 0 Å². The van der Waals surface area contributed by atoms with E-state index in [4.69, 9.17) is 26.8 Å². The van der Waals surface area contributed by atoms with Gasteiger partial charge in [-0.1, -0.05) is 11.6 Å². The van der Waals surface area contributed by atoms with E-state index in [1.807, 2.05) is 0 Å². The van der Waals surface area contributed by atoms with Crippen LogP contribution in [0, 0.1) is 0 Å². The second kappa shape index (κ2) is 8.25. The van der Waals surface area contributed by atoms with Crippen LogP contribution in [0.5, 0.6) is 5.75 Å². The molecule has 1 aliphatic rings. The summed E-state index contributed by atoms with van der Waals surface area (Å²) in [5, 5.41) is 0.325. The van der Waals surface area contributed by atoms with Crippen molar-refractivity contribution in [2.75, 3.05) is 39.1 Å². The van der Waals surface area contributed by atoms with E-state index in [0.29, 0.717) is 28.6 Å². The molecule has 2 rings (SSSR count). The molecule has 0 saturated carbocycles. The summed E-state index contributed by atoms with van der Waals surface area (Å²) in [6, 6.07) is 3.03. The summed E-state index contributed by atoms with van der Waals surface area (Å²) in [6.07, 6.45) is 4.81. The van der Waals surface area contributed by atoms with E-state index in [1.54, 1.807) is 4.90 Å². The van der Waals surface area contributed by atoms with Crippen molar-refractivity contribution in [3.8, 4) is 5.75 Å². The predicted octanol–water partition coefficient (Wildman–Crippen LogP) is 1.55. The topological polar surface area (TPSA) is 66.0 Å². The van der Waals surface area contributed by atoms with Crippen molar-refractivity contribution >= 4 is 23.3 Å². The first-order chi connectivity index (χ1) is 10.6. The van der Waals surface area contributed by atoms with Crippen LogP contribution in [0.2, 0.25) is 5.02 Å². The number of ether oxygens (including phenoxy) is 2. The zero-order valence-corrected chi connectivity index (χ0v) is 13.7. The van der Waals surface area contributed by atoms with Gasteiger partial charge in [0.2, 0.25) is 0 Å². The zero-order valence-electron chi connectivity index (χ0n) is 13.0. The number of carbonyl (C=O) groups is 1. The highest BCUT2D eigenvalue weighted by atomic mass is 35.5. The van der Waals surface area contributed by atoms with Gasteiger partial charge in [0.1, 0.15) is 11.3 Å². The minimum atomic E-state index is -0.424. The Morgan fingerprint density at radius 2 is 2.05 bits per heavy atom. The number of nitrogens with one attached hydrogen (secondary N) is 1. The molecule has 1 saturated heterocycles. The molecule has 0 spiro atoms. The first-order valence-electron chi connectivity index (χ1n) is 7.75. The molecule has 1 aromatic carbocycles. The lowest BCUT2D eigenvalue weighted by atomic mass is 10.1. The number of benzene rings is 1. The number of nitrogen functional groups attached to an aromatic ring is 1. The molecule has 122 valence electrons. The summed E-state index contributed by atoms with van der Waals surface area (Å²) in [7, 11) is 1.49. The lowest BCUT2D eigenvalue weighted by Gasteiger charge is -2.23. The van der Waals surface area contributed by atoms with Gasteiger partial charge in [0.05, 0.1) is 44.1 Å². The van der Waals surface area contributed by atoms with Crippen LogP contribution >= 0.6 is 11.6 Å². The SMILES string of the molecule is COc1cc(N)c(Cl)cc1C(=O)OCCC[NH+]1CCCCC1. The Morgan fingerprint density at radius 3 is 2.73 bits per heavy atom. The average Bonchev–Trinajstić information content (AvgIpc) is 2.54. The molecular weight excluding hydrogens is 304 g/mol. The van der Waals surface area contributed by atoms with Gasteiger partial charge >= 0.3 is 5.97 Å². The first kappa shape index (κ1) is 16.9. The number of anilines is 1. The Hall–Kier alpha value is -1.46. The maximum absolute atomic E-state index is 12.1. The molecular formula is C16H24ClN2O3+. The summed E-state index contributed by atoms with van der Waals surface area (Å²) < 4.78 is 10.5. The molecule has 3 N–H and O–H groups in total. The molecule has 1 aromatic rings. The van der Waals surface area contributed by atoms with Crippen LogP contribution in [0.25, 0.3) is 0 Å². The second-order valence-corrected chi connectivity index (χ2v) is 6.03. The van der Waals surface area contributed by atoms with Gasteiger partial charge < -0.3 is 20.1 Å². The summed E-state index contributed by atoms with van der Waals surface area (Å²) in [6.45, 7) is 3.92. The Morgan fingerprint density at radius 1 is 1.32 bits per heavy atom. The van der Waals surface area contributed by atoms with Gasteiger partial charge in [-0.05, 0) is 25.3 Å². The quantitative estimate of drug-likeness (QED) is 0.472. The van der Waals surface area contributed by atoms with Gasteiger partial charge in [0.25, 0.3) is 0 Å². The van der Waals surface area contributed by atoms with Crippen LogP contribution in [-0.4, -0.2) is 39.3 Å². The number of piperidine rings is 1. The lowest BCUT2D eigenvalue weighted by Crippen LogP contribution is -3.12. The van der Waals surface area contributed by atoms with Crippen molar-refractivity contribution in [2.24, 2.45) is 0 Å². The van der Waals surface area contributed by atoms with Crippen molar-refractivity contribution in [2.45, 2.75) is 25.7 Å². The summed E-state index contributed by atoms with van der Waals surface area (Å²) in [4.78, 5) is 13.7. The second-order valence-electron chi connectivity index (χ2n) is 5.62. The van der Waals surface area contributed by atoms with E-state index in [9.17, 15) is 4.79 Å². The molecule has 1 aliphatic heterocycles. The summed E-state index contributed by atoms with van der Waals surface area (Å²) in [5.41, 5.74) is 6.39. The summed E-state index contributed by atoms with van der Waals surface area (Å²) >= 11 is 5.96. The van der Waals surface area contributed by atoms with Crippen LogP contribution in [0.1, 0.15) is 36.0 Å². The minimum Gasteiger partial charge on any atom is -0.496 e. The standard InChI is InChI=1S/C16H23ClN2O3/c1-21-15-11-14(18)13(17)10-12(15)16(20)22-9-5-8-19-6-3-2-4-7-19/h10-11H,2-9,18H2,1H3/p+1. The number of methoxy groups -OCH3 is 1. The molecule has 6 heteroatoms. The van der Waals surface area contributed by atoms with E-state index in [0.717, 1.165) is 13.0 Å².